The number of carbonyl (C=O) groups is 1. The number of carbonyl (C=O) groups excluding carboxylic acids is 1. The molecule has 3 aromatic carbocycles. The van der Waals surface area contributed by atoms with E-state index >= 15 is 0 Å². The maximum Gasteiger partial charge on any atom is 0.344 e. The minimum absolute atomic E-state index is 0.0757. The molecule has 0 aliphatic carbocycles. The third-order valence-electron chi connectivity index (χ3n) is 5.57. The molecule has 0 aliphatic heterocycles. The van der Waals surface area contributed by atoms with Crippen LogP contribution in [0.4, 0.5) is 0 Å². The topological polar surface area (TPSA) is 103 Å². The lowest BCUT2D eigenvalue weighted by molar-refractivity contribution is -0.136. The van der Waals surface area contributed by atoms with E-state index in [-0.39, 0.29) is 22.6 Å². The van der Waals surface area contributed by atoms with Crippen LogP contribution in [-0.4, -0.2) is 20.4 Å². The van der Waals surface area contributed by atoms with Gasteiger partial charge in [0, 0.05) is 11.5 Å². The molecule has 4 aromatic rings. The van der Waals surface area contributed by atoms with Crippen molar-refractivity contribution in [2.24, 2.45) is 0 Å². The maximum atomic E-state index is 13.0. The van der Waals surface area contributed by atoms with Crippen LogP contribution in [0, 0.1) is 6.92 Å². The number of hydrogen-bond donors (Lipinski definition) is 1. The van der Waals surface area contributed by atoms with E-state index in [0.717, 1.165) is 17.4 Å². The lowest BCUT2D eigenvalue weighted by atomic mass is 10.1. The molecule has 34 heavy (non-hydrogen) atoms. The highest BCUT2D eigenvalue weighted by molar-refractivity contribution is 7.89. The van der Waals surface area contributed by atoms with Crippen LogP contribution in [0.3, 0.4) is 0 Å². The number of rotatable bonds is 8. The molecule has 1 aromatic heterocycles. The third-order valence-corrected chi connectivity index (χ3v) is 7.06. The van der Waals surface area contributed by atoms with E-state index in [0.29, 0.717) is 17.2 Å². The minimum Gasteiger partial charge on any atom is -0.425 e. The zero-order valence-electron chi connectivity index (χ0n) is 18.9. The Kier molecular flexibility index (Phi) is 6.81. The van der Waals surface area contributed by atoms with Crippen LogP contribution in [0.1, 0.15) is 31.7 Å². The van der Waals surface area contributed by atoms with Gasteiger partial charge >= 0.3 is 11.6 Å². The molecule has 4 rings (SSSR count). The fourth-order valence-corrected chi connectivity index (χ4v) is 4.94. The van der Waals surface area contributed by atoms with Gasteiger partial charge in [-0.2, -0.15) is 4.72 Å². The monoisotopic (exact) mass is 479 g/mol. The average Bonchev–Trinajstić information content (AvgIpc) is 2.82. The van der Waals surface area contributed by atoms with Crippen LogP contribution < -0.4 is 15.1 Å². The molecule has 0 saturated heterocycles. The summed E-state index contributed by atoms with van der Waals surface area (Å²) in [7, 11) is -3.92. The van der Waals surface area contributed by atoms with Crippen LogP contribution in [0.25, 0.3) is 21.7 Å². The van der Waals surface area contributed by atoms with Crippen LogP contribution >= 0.6 is 0 Å². The number of benzene rings is 3. The Balaban J connectivity index is 1.60. The molecule has 1 unspecified atom stereocenters. The van der Waals surface area contributed by atoms with Gasteiger partial charge in [0.2, 0.25) is 10.0 Å². The van der Waals surface area contributed by atoms with Gasteiger partial charge in [-0.25, -0.2) is 18.0 Å². The molecule has 0 saturated carbocycles. The fourth-order valence-electron chi connectivity index (χ4n) is 3.72. The number of ether oxygens (including phenoxy) is 1. The summed E-state index contributed by atoms with van der Waals surface area (Å²) in [5.74, 6) is -0.571. The van der Waals surface area contributed by atoms with Crippen molar-refractivity contribution in [2.75, 3.05) is 0 Å². The Morgan fingerprint density at radius 3 is 2.41 bits per heavy atom. The molecule has 0 spiro atoms. The van der Waals surface area contributed by atoms with Gasteiger partial charge in [-0.05, 0) is 49.1 Å². The van der Waals surface area contributed by atoms with E-state index in [2.05, 4.69) is 4.72 Å². The first-order chi connectivity index (χ1) is 16.3. The number of nitrogens with one attached hydrogen (secondary N) is 1. The lowest BCUT2D eigenvalue weighted by Crippen LogP contribution is -2.42. The molecule has 1 N–H and O–H groups in total. The highest BCUT2D eigenvalue weighted by Crippen LogP contribution is 2.26. The van der Waals surface area contributed by atoms with Gasteiger partial charge in [0.15, 0.2) is 0 Å². The molecule has 0 aliphatic rings. The Hall–Kier alpha value is -3.49. The summed E-state index contributed by atoms with van der Waals surface area (Å²) < 4.78 is 39.1. The lowest BCUT2D eigenvalue weighted by Gasteiger charge is -2.18. The molecule has 0 bridgehead atoms. The quantitative estimate of drug-likeness (QED) is 0.170. The molecule has 8 heteroatoms. The first-order valence-corrected chi connectivity index (χ1v) is 12.5. The number of unbranched alkanes of at least 4 members (excludes halogenated alkanes) is 1. The Bertz CT molecular complexity index is 1510. The fraction of sp³-hybridized carbons (Fsp3) is 0.231. The van der Waals surface area contributed by atoms with Gasteiger partial charge in [0.05, 0.1) is 10.3 Å². The summed E-state index contributed by atoms with van der Waals surface area (Å²) in [6.07, 6.45) is 1.70. The Morgan fingerprint density at radius 1 is 1.00 bits per heavy atom. The molecule has 0 amide bonds. The van der Waals surface area contributed by atoms with Crippen LogP contribution in [-0.2, 0) is 14.8 Å². The van der Waals surface area contributed by atoms with Gasteiger partial charge in [0.1, 0.15) is 17.4 Å². The second-order valence-corrected chi connectivity index (χ2v) is 9.86. The van der Waals surface area contributed by atoms with Crippen LogP contribution in [0.15, 0.2) is 80.8 Å². The molecule has 1 heterocycles. The minimum atomic E-state index is -3.92. The summed E-state index contributed by atoms with van der Waals surface area (Å²) in [6.45, 7) is 3.81. The third kappa shape index (κ3) is 5.03. The number of fused-ring (bicyclic) bond motifs is 3. The molecule has 1 atom stereocenters. The zero-order chi connectivity index (χ0) is 24.3. The second kappa shape index (κ2) is 9.79. The predicted octanol–water partition coefficient (Wildman–Crippen LogP) is 4.70. The van der Waals surface area contributed by atoms with Crippen LogP contribution in [0.2, 0.25) is 0 Å². The first kappa shape index (κ1) is 23.7. The van der Waals surface area contributed by atoms with E-state index in [9.17, 15) is 18.0 Å². The van der Waals surface area contributed by atoms with Crippen LogP contribution in [0.5, 0.6) is 5.75 Å². The number of aryl methyl sites for hydroxylation is 1. The Labute approximate surface area is 197 Å². The van der Waals surface area contributed by atoms with E-state index in [4.69, 9.17) is 9.15 Å². The summed E-state index contributed by atoms with van der Waals surface area (Å²) >= 11 is 0. The van der Waals surface area contributed by atoms with Crippen molar-refractivity contribution in [2.45, 2.75) is 44.0 Å². The molecule has 176 valence electrons. The van der Waals surface area contributed by atoms with Crippen molar-refractivity contribution < 1.29 is 22.4 Å². The van der Waals surface area contributed by atoms with E-state index in [1.54, 1.807) is 36.4 Å². The van der Waals surface area contributed by atoms with Crippen molar-refractivity contribution in [1.29, 1.82) is 0 Å². The molecular weight excluding hydrogens is 454 g/mol. The normalized spacial score (nSPS) is 12.6. The van der Waals surface area contributed by atoms with Gasteiger partial charge in [0.25, 0.3) is 0 Å². The Morgan fingerprint density at radius 2 is 1.71 bits per heavy atom. The largest absolute Gasteiger partial charge is 0.425 e. The van der Waals surface area contributed by atoms with Gasteiger partial charge < -0.3 is 9.15 Å². The summed E-state index contributed by atoms with van der Waals surface area (Å²) in [6, 6.07) is 17.2. The summed E-state index contributed by atoms with van der Waals surface area (Å²) in [5.41, 5.74) is 0.717. The number of esters is 1. The highest BCUT2D eigenvalue weighted by Gasteiger charge is 2.27. The number of sulfonamides is 1. The van der Waals surface area contributed by atoms with Gasteiger partial charge in [-0.1, -0.05) is 55.7 Å². The van der Waals surface area contributed by atoms with E-state index in [1.165, 1.54) is 18.2 Å². The predicted molar refractivity (Wildman–Crippen MR) is 130 cm³/mol. The summed E-state index contributed by atoms with van der Waals surface area (Å²) in [5, 5.41) is 1.90. The molecule has 0 radical (unpaired) electrons. The zero-order valence-corrected chi connectivity index (χ0v) is 19.7. The number of hydrogen-bond acceptors (Lipinski definition) is 6. The van der Waals surface area contributed by atoms with E-state index in [1.807, 2.05) is 26.0 Å². The molecule has 7 nitrogen and oxygen atoms in total. The average molecular weight is 480 g/mol. The second-order valence-electron chi connectivity index (χ2n) is 8.14. The molecular formula is C26H25NO6S. The first-order valence-electron chi connectivity index (χ1n) is 11.0. The van der Waals surface area contributed by atoms with Gasteiger partial charge in [-0.15, -0.1) is 0 Å². The maximum absolute atomic E-state index is 13.0. The van der Waals surface area contributed by atoms with Crippen molar-refractivity contribution in [3.05, 3.63) is 82.7 Å². The van der Waals surface area contributed by atoms with Crippen molar-refractivity contribution >= 4 is 37.7 Å². The van der Waals surface area contributed by atoms with Gasteiger partial charge in [-0.3, -0.25) is 0 Å². The molecule has 0 fully saturated rings. The summed E-state index contributed by atoms with van der Waals surface area (Å²) in [4.78, 5) is 25.3. The van der Waals surface area contributed by atoms with Crippen molar-refractivity contribution in [1.82, 2.24) is 4.72 Å². The SMILES string of the molecule is CCCCC(NS(=O)(=O)c1ccc(C)cc1)C(=O)Oc1ccc2c(c1)oc(=O)c1ccccc12. The van der Waals surface area contributed by atoms with Crippen molar-refractivity contribution in [3.8, 4) is 5.75 Å². The van der Waals surface area contributed by atoms with Crippen molar-refractivity contribution in [3.63, 3.8) is 0 Å². The standard InChI is InChI=1S/C26H25NO6S/c1-3-4-9-23(27-34(30,31)19-13-10-17(2)11-14-19)26(29)32-18-12-15-21-20-7-5-6-8-22(20)25(28)33-24(21)16-18/h5-8,10-16,23,27H,3-4,9H2,1-2H3. The highest BCUT2D eigenvalue weighted by atomic mass is 32.2. The smallest absolute Gasteiger partial charge is 0.344 e. The van der Waals surface area contributed by atoms with E-state index < -0.39 is 27.7 Å².